The number of aromatic nitrogens is 4. The summed E-state index contributed by atoms with van der Waals surface area (Å²) in [5, 5.41) is 7.35. The molecule has 3 rings (SSSR count). The van der Waals surface area contributed by atoms with Crippen molar-refractivity contribution in [3.8, 4) is 0 Å². The third kappa shape index (κ3) is 2.73. The third-order valence-electron chi connectivity index (χ3n) is 4.23. The van der Waals surface area contributed by atoms with Crippen molar-refractivity contribution in [2.24, 2.45) is 0 Å². The molecule has 0 bridgehead atoms. The second kappa shape index (κ2) is 5.87. The van der Waals surface area contributed by atoms with Gasteiger partial charge in [-0.2, -0.15) is 5.10 Å². The van der Waals surface area contributed by atoms with Gasteiger partial charge in [-0.05, 0) is 46.1 Å². The van der Waals surface area contributed by atoms with Gasteiger partial charge in [0.15, 0.2) is 0 Å². The number of fused-ring (bicyclic) bond motifs is 1. The molecule has 2 heterocycles. The molecule has 2 unspecified atom stereocenters. The quantitative estimate of drug-likeness (QED) is 0.941. The molecule has 1 aliphatic rings. The van der Waals surface area contributed by atoms with Crippen LogP contribution < -0.4 is 5.32 Å². The summed E-state index contributed by atoms with van der Waals surface area (Å²) in [6, 6.07) is 1.57. The summed E-state index contributed by atoms with van der Waals surface area (Å²) in [4.78, 5) is 21.3. The molecular weight excluding hydrogens is 278 g/mol. The van der Waals surface area contributed by atoms with Crippen LogP contribution in [-0.4, -0.2) is 25.7 Å². The molecule has 0 aliphatic heterocycles. The number of carbonyl (C=O) groups is 1. The van der Waals surface area contributed by atoms with Gasteiger partial charge in [-0.25, -0.2) is 9.97 Å². The monoisotopic (exact) mass is 299 g/mol. The van der Waals surface area contributed by atoms with Crippen molar-refractivity contribution >= 4 is 5.91 Å². The average molecular weight is 299 g/mol. The molecule has 0 aromatic carbocycles. The molecule has 2 aromatic heterocycles. The molecule has 0 spiro atoms. The van der Waals surface area contributed by atoms with E-state index in [1.54, 1.807) is 10.9 Å². The molecule has 6 nitrogen and oxygen atoms in total. The highest BCUT2D eigenvalue weighted by Crippen LogP contribution is 2.28. The van der Waals surface area contributed by atoms with Crippen LogP contribution in [0.1, 0.15) is 54.6 Å². The van der Waals surface area contributed by atoms with Crippen molar-refractivity contribution in [1.82, 2.24) is 25.1 Å². The van der Waals surface area contributed by atoms with Crippen LogP contribution in [0.4, 0.5) is 0 Å². The zero-order chi connectivity index (χ0) is 15.7. The molecule has 22 heavy (non-hydrogen) atoms. The fourth-order valence-corrected chi connectivity index (χ4v) is 2.99. The van der Waals surface area contributed by atoms with Crippen LogP contribution in [0.15, 0.2) is 18.5 Å². The first-order chi connectivity index (χ1) is 10.6. The Morgan fingerprint density at radius 2 is 2.27 bits per heavy atom. The molecule has 0 saturated carbocycles. The van der Waals surface area contributed by atoms with Gasteiger partial charge in [0.25, 0.3) is 0 Å². The Balaban J connectivity index is 1.77. The largest absolute Gasteiger partial charge is 0.347 e. The third-order valence-corrected chi connectivity index (χ3v) is 4.23. The van der Waals surface area contributed by atoms with Crippen molar-refractivity contribution in [3.63, 3.8) is 0 Å². The Kier molecular flexibility index (Phi) is 3.92. The Hall–Kier alpha value is -2.24. The average Bonchev–Trinajstić information content (AvgIpc) is 2.92. The van der Waals surface area contributed by atoms with Gasteiger partial charge in [-0.3, -0.25) is 9.48 Å². The van der Waals surface area contributed by atoms with Gasteiger partial charge in [0.1, 0.15) is 11.9 Å². The predicted molar refractivity (Wildman–Crippen MR) is 82.3 cm³/mol. The number of amides is 1. The van der Waals surface area contributed by atoms with Gasteiger partial charge in [0.05, 0.1) is 6.04 Å². The van der Waals surface area contributed by atoms with Crippen LogP contribution in [0.5, 0.6) is 0 Å². The van der Waals surface area contributed by atoms with Gasteiger partial charge in [0.2, 0.25) is 5.91 Å². The zero-order valence-corrected chi connectivity index (χ0v) is 13.2. The topological polar surface area (TPSA) is 72.7 Å². The first kappa shape index (κ1) is 14.7. The second-order valence-electron chi connectivity index (χ2n) is 5.87. The van der Waals surface area contributed by atoms with E-state index in [4.69, 9.17) is 0 Å². The molecule has 6 heteroatoms. The molecule has 0 radical (unpaired) electrons. The highest BCUT2D eigenvalue weighted by Gasteiger charge is 2.26. The minimum atomic E-state index is -0.327. The minimum absolute atomic E-state index is 0.00447. The lowest BCUT2D eigenvalue weighted by Gasteiger charge is -2.27. The summed E-state index contributed by atoms with van der Waals surface area (Å²) >= 11 is 0. The highest BCUT2D eigenvalue weighted by atomic mass is 16.2. The highest BCUT2D eigenvalue weighted by molar-refractivity contribution is 5.80. The standard InChI is InChI=1S/C16H21N5O/c1-10-7-8-18-21(10)11(2)16(22)20-15-6-4-5-14-13(15)9-17-12(3)19-14/h7-9,11,15H,4-6H2,1-3H3,(H,20,22). The normalized spacial score (nSPS) is 18.6. The maximum absolute atomic E-state index is 12.5. The van der Waals surface area contributed by atoms with E-state index in [9.17, 15) is 4.79 Å². The summed E-state index contributed by atoms with van der Waals surface area (Å²) in [6.45, 7) is 5.71. The Morgan fingerprint density at radius 1 is 1.45 bits per heavy atom. The Morgan fingerprint density at radius 3 is 3.00 bits per heavy atom. The number of carbonyl (C=O) groups excluding carboxylic acids is 1. The SMILES string of the molecule is Cc1ncc2c(n1)CCCC2NC(=O)C(C)n1nccc1C. The summed E-state index contributed by atoms with van der Waals surface area (Å²) in [6.07, 6.45) is 6.48. The first-order valence-electron chi connectivity index (χ1n) is 7.69. The summed E-state index contributed by atoms with van der Waals surface area (Å²) in [7, 11) is 0. The number of nitrogens with one attached hydrogen (secondary N) is 1. The molecule has 1 amide bonds. The van der Waals surface area contributed by atoms with E-state index in [0.29, 0.717) is 0 Å². The van der Waals surface area contributed by atoms with E-state index in [0.717, 1.165) is 42.0 Å². The van der Waals surface area contributed by atoms with E-state index in [-0.39, 0.29) is 18.0 Å². The Bertz CT molecular complexity index is 694. The lowest BCUT2D eigenvalue weighted by Crippen LogP contribution is -2.36. The molecule has 0 saturated heterocycles. The van der Waals surface area contributed by atoms with Crippen molar-refractivity contribution in [3.05, 3.63) is 41.2 Å². The number of hydrogen-bond acceptors (Lipinski definition) is 4. The van der Waals surface area contributed by atoms with Crippen molar-refractivity contribution in [2.75, 3.05) is 0 Å². The molecule has 1 N–H and O–H groups in total. The van der Waals surface area contributed by atoms with Gasteiger partial charge in [-0.1, -0.05) is 0 Å². The molecule has 1 aliphatic carbocycles. The maximum atomic E-state index is 12.5. The summed E-state index contributed by atoms with van der Waals surface area (Å²) in [5.41, 5.74) is 3.09. The van der Waals surface area contributed by atoms with E-state index >= 15 is 0 Å². The van der Waals surface area contributed by atoms with Crippen LogP contribution in [-0.2, 0) is 11.2 Å². The Labute approximate surface area is 130 Å². The van der Waals surface area contributed by atoms with E-state index < -0.39 is 0 Å². The van der Waals surface area contributed by atoms with E-state index in [1.165, 1.54) is 0 Å². The number of aryl methyl sites for hydroxylation is 3. The van der Waals surface area contributed by atoms with Crippen LogP contribution in [0.25, 0.3) is 0 Å². The lowest BCUT2D eigenvalue weighted by atomic mass is 9.92. The minimum Gasteiger partial charge on any atom is -0.347 e. The van der Waals surface area contributed by atoms with E-state index in [1.807, 2.05) is 33.0 Å². The molecule has 2 atom stereocenters. The molecule has 2 aromatic rings. The van der Waals surface area contributed by atoms with Crippen molar-refractivity contribution in [2.45, 2.75) is 52.1 Å². The predicted octanol–water partition coefficient (Wildman–Crippen LogP) is 2.04. The van der Waals surface area contributed by atoms with Gasteiger partial charge in [-0.15, -0.1) is 0 Å². The van der Waals surface area contributed by atoms with Crippen LogP contribution in [0.2, 0.25) is 0 Å². The van der Waals surface area contributed by atoms with Crippen molar-refractivity contribution < 1.29 is 4.79 Å². The molecule has 116 valence electrons. The van der Waals surface area contributed by atoms with Gasteiger partial charge in [0, 0.05) is 29.3 Å². The number of hydrogen-bond donors (Lipinski definition) is 1. The maximum Gasteiger partial charge on any atom is 0.245 e. The van der Waals surface area contributed by atoms with Crippen LogP contribution >= 0.6 is 0 Å². The van der Waals surface area contributed by atoms with Crippen molar-refractivity contribution in [1.29, 1.82) is 0 Å². The number of nitrogens with zero attached hydrogens (tertiary/aromatic N) is 4. The fourth-order valence-electron chi connectivity index (χ4n) is 2.99. The van der Waals surface area contributed by atoms with E-state index in [2.05, 4.69) is 20.4 Å². The smallest absolute Gasteiger partial charge is 0.245 e. The molecule has 0 fully saturated rings. The number of rotatable bonds is 3. The summed E-state index contributed by atoms with van der Waals surface area (Å²) in [5.74, 6) is 0.761. The van der Waals surface area contributed by atoms with Gasteiger partial charge < -0.3 is 5.32 Å². The van der Waals surface area contributed by atoms with Crippen LogP contribution in [0.3, 0.4) is 0 Å². The second-order valence-corrected chi connectivity index (χ2v) is 5.87. The van der Waals surface area contributed by atoms with Crippen LogP contribution in [0, 0.1) is 13.8 Å². The first-order valence-corrected chi connectivity index (χ1v) is 7.69. The van der Waals surface area contributed by atoms with Gasteiger partial charge >= 0.3 is 0 Å². The zero-order valence-electron chi connectivity index (χ0n) is 13.2. The fraction of sp³-hybridized carbons (Fsp3) is 0.500. The lowest BCUT2D eigenvalue weighted by molar-refractivity contribution is -0.125. The summed E-state index contributed by atoms with van der Waals surface area (Å²) < 4.78 is 1.74. The molecular formula is C16H21N5O.